The highest BCUT2D eigenvalue weighted by Gasteiger charge is 2.19. The van der Waals surface area contributed by atoms with Crippen molar-refractivity contribution in [2.24, 2.45) is 0 Å². The normalized spacial score (nSPS) is 11.4. The molecule has 1 aromatic heterocycles. The lowest BCUT2D eigenvalue weighted by Crippen LogP contribution is -2.20. The van der Waals surface area contributed by atoms with Crippen LogP contribution in [0.15, 0.2) is 71.4 Å². The number of amides is 1. The Bertz CT molecular complexity index is 1390. The number of carbonyl (C=O) groups is 1. The molecule has 0 saturated carbocycles. The first-order chi connectivity index (χ1) is 17.0. The number of rotatable bonds is 8. The summed E-state index contributed by atoms with van der Waals surface area (Å²) < 4.78 is 22.5. The summed E-state index contributed by atoms with van der Waals surface area (Å²) in [5.41, 5.74) is 6.10. The third-order valence-electron chi connectivity index (χ3n) is 6.02. The first-order valence-corrected chi connectivity index (χ1v) is 11.3. The van der Waals surface area contributed by atoms with Crippen molar-refractivity contribution in [3.05, 3.63) is 83.6 Å². The summed E-state index contributed by atoms with van der Waals surface area (Å²) in [4.78, 5) is 12.6. The highest BCUT2D eigenvalue weighted by atomic mass is 16.5. The van der Waals surface area contributed by atoms with Gasteiger partial charge in [0.15, 0.2) is 11.5 Å². The molecule has 3 aromatic carbocycles. The lowest BCUT2D eigenvalue weighted by Gasteiger charge is -2.14. The number of aryl methyl sites for hydroxylation is 1. The van der Waals surface area contributed by atoms with Gasteiger partial charge in [-0.15, -0.1) is 0 Å². The average molecular weight is 472 g/mol. The second-order valence-corrected chi connectivity index (χ2v) is 8.21. The van der Waals surface area contributed by atoms with E-state index in [4.69, 9.17) is 18.6 Å². The molecule has 1 heterocycles. The van der Waals surface area contributed by atoms with Gasteiger partial charge in [0.25, 0.3) is 0 Å². The number of allylic oxidation sites excluding steroid dienone is 1. The molecule has 4 rings (SSSR count). The molecular weight excluding hydrogens is 442 g/mol. The second-order valence-electron chi connectivity index (χ2n) is 8.21. The Morgan fingerprint density at radius 3 is 2.40 bits per heavy atom. The number of fused-ring (bicyclic) bond motifs is 1. The van der Waals surface area contributed by atoms with Crippen LogP contribution in [0.3, 0.4) is 0 Å². The minimum absolute atomic E-state index is 0.168. The van der Waals surface area contributed by atoms with Crippen LogP contribution in [0.5, 0.6) is 17.2 Å². The van der Waals surface area contributed by atoms with Crippen LogP contribution in [0.1, 0.15) is 23.6 Å². The predicted molar refractivity (Wildman–Crippen MR) is 138 cm³/mol. The van der Waals surface area contributed by atoms with Gasteiger partial charge in [-0.3, -0.25) is 4.79 Å². The fourth-order valence-electron chi connectivity index (χ4n) is 4.21. The van der Waals surface area contributed by atoms with Gasteiger partial charge in [-0.05, 0) is 48.7 Å². The molecule has 0 aliphatic heterocycles. The maximum Gasteiger partial charge on any atom is 0.244 e. The second kappa shape index (κ2) is 10.4. The summed E-state index contributed by atoms with van der Waals surface area (Å²) in [6.07, 6.45) is 3.33. The number of ether oxygens (including phenoxy) is 3. The molecule has 35 heavy (non-hydrogen) atoms. The monoisotopic (exact) mass is 471 g/mol. The van der Waals surface area contributed by atoms with E-state index >= 15 is 0 Å². The Kier molecular flexibility index (Phi) is 7.11. The number of nitrogens with one attached hydrogen (secondary N) is 1. The van der Waals surface area contributed by atoms with E-state index < -0.39 is 0 Å². The van der Waals surface area contributed by atoms with Gasteiger partial charge >= 0.3 is 0 Å². The number of furan rings is 1. The summed E-state index contributed by atoms with van der Waals surface area (Å²) in [6, 6.07) is 17.6. The summed E-state index contributed by atoms with van der Waals surface area (Å²) >= 11 is 0. The third-order valence-corrected chi connectivity index (χ3v) is 6.02. The van der Waals surface area contributed by atoms with E-state index in [1.54, 1.807) is 33.7 Å². The molecule has 0 bridgehead atoms. The number of methoxy groups -OCH3 is 3. The standard InChI is InChI=1S/C29H29NO5/c1-18(13-27(31)30-16-20-9-7-6-8-10-20)22-15-23-24(17-35-29(23)19(2)28(22)34-5)21-11-12-25(32-3)26(14-21)33-4/h6-15,17H,16H2,1-5H3,(H,30,31)/b18-13+. The molecule has 0 spiro atoms. The molecule has 0 aliphatic carbocycles. The van der Waals surface area contributed by atoms with Crippen LogP contribution >= 0.6 is 0 Å². The van der Waals surface area contributed by atoms with Gasteiger partial charge in [0, 0.05) is 34.7 Å². The maximum atomic E-state index is 12.6. The van der Waals surface area contributed by atoms with Gasteiger partial charge in [-0.1, -0.05) is 36.4 Å². The molecule has 0 aliphatic rings. The summed E-state index contributed by atoms with van der Waals surface area (Å²) in [7, 11) is 4.84. The first-order valence-electron chi connectivity index (χ1n) is 11.3. The topological polar surface area (TPSA) is 69.9 Å². The maximum absolute atomic E-state index is 12.6. The van der Waals surface area contributed by atoms with Crippen LogP contribution in [-0.4, -0.2) is 27.2 Å². The van der Waals surface area contributed by atoms with Crippen LogP contribution in [0.2, 0.25) is 0 Å². The van der Waals surface area contributed by atoms with Gasteiger partial charge in [0.2, 0.25) is 5.91 Å². The fraction of sp³-hybridized carbons (Fsp3) is 0.207. The summed E-state index contributed by atoms with van der Waals surface area (Å²) in [6.45, 7) is 4.32. The molecule has 0 radical (unpaired) electrons. The van der Waals surface area contributed by atoms with Crippen LogP contribution in [0.25, 0.3) is 27.7 Å². The molecule has 1 amide bonds. The Morgan fingerprint density at radius 1 is 0.971 bits per heavy atom. The average Bonchev–Trinajstić information content (AvgIpc) is 3.32. The molecular formula is C29H29NO5. The highest BCUT2D eigenvalue weighted by Crippen LogP contribution is 2.42. The first kappa shape index (κ1) is 24.0. The molecule has 1 N–H and O–H groups in total. The lowest BCUT2D eigenvalue weighted by atomic mass is 9.96. The molecule has 0 atom stereocenters. The summed E-state index contributed by atoms with van der Waals surface area (Å²) in [5.74, 6) is 1.80. The van der Waals surface area contributed by atoms with Crippen molar-refractivity contribution in [2.45, 2.75) is 20.4 Å². The molecule has 4 aromatic rings. The van der Waals surface area contributed by atoms with Crippen molar-refractivity contribution in [2.75, 3.05) is 21.3 Å². The van der Waals surface area contributed by atoms with Crippen LogP contribution in [-0.2, 0) is 11.3 Å². The van der Waals surface area contributed by atoms with Gasteiger partial charge < -0.3 is 23.9 Å². The minimum Gasteiger partial charge on any atom is -0.496 e. The smallest absolute Gasteiger partial charge is 0.244 e. The van der Waals surface area contributed by atoms with E-state index in [1.165, 1.54) is 0 Å². The van der Waals surface area contributed by atoms with Crippen LogP contribution < -0.4 is 19.5 Å². The van der Waals surface area contributed by atoms with Crippen molar-refractivity contribution in [3.8, 4) is 28.4 Å². The van der Waals surface area contributed by atoms with Crippen LogP contribution in [0, 0.1) is 6.92 Å². The zero-order valence-corrected chi connectivity index (χ0v) is 20.6. The molecule has 0 saturated heterocycles. The number of hydrogen-bond acceptors (Lipinski definition) is 5. The SMILES string of the molecule is COc1ccc(-c2coc3c(C)c(OC)c(/C(C)=C/C(=O)NCc4ccccc4)cc23)cc1OC. The minimum atomic E-state index is -0.168. The van der Waals surface area contributed by atoms with E-state index in [-0.39, 0.29) is 5.91 Å². The fourth-order valence-corrected chi connectivity index (χ4v) is 4.21. The predicted octanol–water partition coefficient (Wildman–Crippen LogP) is 6.15. The molecule has 6 heteroatoms. The zero-order valence-electron chi connectivity index (χ0n) is 20.6. The molecule has 180 valence electrons. The van der Waals surface area contributed by atoms with Crippen molar-refractivity contribution < 1.29 is 23.4 Å². The Labute approximate surface area is 205 Å². The Hall–Kier alpha value is -4.19. The van der Waals surface area contributed by atoms with Crippen molar-refractivity contribution >= 4 is 22.4 Å². The van der Waals surface area contributed by atoms with Gasteiger partial charge in [-0.2, -0.15) is 0 Å². The largest absolute Gasteiger partial charge is 0.496 e. The van der Waals surface area contributed by atoms with E-state index in [9.17, 15) is 4.79 Å². The Balaban J connectivity index is 1.72. The Morgan fingerprint density at radius 2 is 1.71 bits per heavy atom. The quantitative estimate of drug-likeness (QED) is 0.312. The van der Waals surface area contributed by atoms with Gasteiger partial charge in [0.05, 0.1) is 27.6 Å². The van der Waals surface area contributed by atoms with E-state index in [0.717, 1.165) is 44.4 Å². The third kappa shape index (κ3) is 4.87. The van der Waals surface area contributed by atoms with Gasteiger partial charge in [-0.25, -0.2) is 0 Å². The molecule has 0 unspecified atom stereocenters. The van der Waals surface area contributed by atoms with Gasteiger partial charge in [0.1, 0.15) is 11.3 Å². The number of carbonyl (C=O) groups excluding carboxylic acids is 1. The zero-order chi connectivity index (χ0) is 24.9. The van der Waals surface area contributed by atoms with E-state index in [1.807, 2.05) is 68.4 Å². The lowest BCUT2D eigenvalue weighted by molar-refractivity contribution is -0.116. The van der Waals surface area contributed by atoms with E-state index in [0.29, 0.717) is 23.8 Å². The highest BCUT2D eigenvalue weighted by molar-refractivity contribution is 6.01. The summed E-state index contributed by atoms with van der Waals surface area (Å²) in [5, 5.41) is 3.86. The van der Waals surface area contributed by atoms with E-state index in [2.05, 4.69) is 5.32 Å². The van der Waals surface area contributed by atoms with Crippen molar-refractivity contribution in [1.29, 1.82) is 0 Å². The molecule has 6 nitrogen and oxygen atoms in total. The van der Waals surface area contributed by atoms with Crippen molar-refractivity contribution in [1.82, 2.24) is 5.32 Å². The van der Waals surface area contributed by atoms with Crippen LogP contribution in [0.4, 0.5) is 0 Å². The van der Waals surface area contributed by atoms with Crippen molar-refractivity contribution in [3.63, 3.8) is 0 Å². The number of benzene rings is 3. The number of hydrogen-bond donors (Lipinski definition) is 1. The molecule has 0 fully saturated rings.